The molecule has 4 nitrogen and oxygen atoms in total. The Kier molecular flexibility index (Phi) is 4.52. The fourth-order valence-corrected chi connectivity index (χ4v) is 1.57. The van der Waals surface area contributed by atoms with Gasteiger partial charge in [0.1, 0.15) is 5.60 Å². The number of aryl methyl sites for hydroxylation is 1. The van der Waals surface area contributed by atoms with E-state index in [4.69, 9.17) is 4.74 Å². The number of hydrogen-bond donors (Lipinski definition) is 2. The Morgan fingerprint density at radius 3 is 2.30 bits per heavy atom. The lowest BCUT2D eigenvalue weighted by Crippen LogP contribution is -2.36. The molecule has 0 aliphatic heterocycles. The van der Waals surface area contributed by atoms with Crippen molar-refractivity contribution in [1.82, 2.24) is 5.43 Å². The molecule has 0 spiro atoms. The molecule has 0 saturated heterocycles. The highest BCUT2D eigenvalue weighted by Crippen LogP contribution is 2.36. The fraction of sp³-hybridized carbons (Fsp3) is 0.462. The van der Waals surface area contributed by atoms with Gasteiger partial charge in [-0.1, -0.05) is 12.1 Å². The quantitative estimate of drug-likeness (QED) is 0.813. The summed E-state index contributed by atoms with van der Waals surface area (Å²) in [7, 11) is 0. The Hall–Kier alpha value is -1.92. The highest BCUT2D eigenvalue weighted by molar-refractivity contribution is 5.70. The number of halogens is 3. The summed E-state index contributed by atoms with van der Waals surface area (Å²) in [6, 6.07) is 4.04. The number of hydrogen-bond acceptors (Lipinski definition) is 3. The third kappa shape index (κ3) is 4.64. The molecule has 1 aromatic rings. The SMILES string of the molecule is Cc1cccc(NNC(=O)OC(C)(C)C)c1C(F)(F)F. The van der Waals surface area contributed by atoms with E-state index in [-0.39, 0.29) is 11.3 Å². The van der Waals surface area contributed by atoms with Crippen LogP contribution < -0.4 is 10.9 Å². The lowest BCUT2D eigenvalue weighted by Gasteiger charge is -2.21. The van der Waals surface area contributed by atoms with Gasteiger partial charge in [0.05, 0.1) is 11.3 Å². The predicted molar refractivity (Wildman–Crippen MR) is 69.2 cm³/mol. The molecule has 0 radical (unpaired) electrons. The maximum Gasteiger partial charge on any atom is 0.426 e. The van der Waals surface area contributed by atoms with E-state index >= 15 is 0 Å². The highest BCUT2D eigenvalue weighted by Gasteiger charge is 2.35. The Labute approximate surface area is 115 Å². The number of carbonyl (C=O) groups is 1. The summed E-state index contributed by atoms with van der Waals surface area (Å²) < 4.78 is 43.7. The molecule has 0 aliphatic carbocycles. The van der Waals surface area contributed by atoms with Crippen molar-refractivity contribution in [2.75, 3.05) is 5.43 Å². The summed E-state index contributed by atoms with van der Waals surface area (Å²) >= 11 is 0. The zero-order valence-corrected chi connectivity index (χ0v) is 11.7. The van der Waals surface area contributed by atoms with Crippen molar-refractivity contribution in [2.24, 2.45) is 0 Å². The molecular formula is C13H17F3N2O2. The largest absolute Gasteiger partial charge is 0.443 e. The average Bonchev–Trinajstić information content (AvgIpc) is 2.22. The van der Waals surface area contributed by atoms with Crippen LogP contribution in [0.5, 0.6) is 0 Å². The van der Waals surface area contributed by atoms with E-state index in [2.05, 4.69) is 10.9 Å². The van der Waals surface area contributed by atoms with Gasteiger partial charge in [0.15, 0.2) is 0 Å². The zero-order valence-electron chi connectivity index (χ0n) is 11.7. The number of hydrazine groups is 1. The number of alkyl halides is 3. The molecule has 0 fully saturated rings. The van der Waals surface area contributed by atoms with Crippen molar-refractivity contribution in [3.8, 4) is 0 Å². The molecule has 0 aliphatic rings. The third-order valence-corrected chi connectivity index (χ3v) is 2.25. The van der Waals surface area contributed by atoms with Crippen LogP contribution in [0.2, 0.25) is 0 Å². The lowest BCUT2D eigenvalue weighted by atomic mass is 10.1. The molecule has 0 aromatic heterocycles. The van der Waals surface area contributed by atoms with Gasteiger partial charge in [0, 0.05) is 0 Å². The van der Waals surface area contributed by atoms with Crippen LogP contribution in [-0.4, -0.2) is 11.7 Å². The molecule has 7 heteroatoms. The maximum absolute atomic E-state index is 12.9. The Morgan fingerprint density at radius 2 is 1.80 bits per heavy atom. The number of anilines is 1. The standard InChI is InChI=1S/C13H17F3N2O2/c1-8-6-5-7-9(10(8)13(14,15)16)17-18-11(19)20-12(2,3)4/h5-7,17H,1-4H3,(H,18,19). The van der Waals surface area contributed by atoms with Gasteiger partial charge in [0.2, 0.25) is 0 Å². The number of amides is 1. The van der Waals surface area contributed by atoms with Crippen molar-refractivity contribution in [2.45, 2.75) is 39.5 Å². The van der Waals surface area contributed by atoms with Crippen LogP contribution in [0.25, 0.3) is 0 Å². The normalized spacial score (nSPS) is 11.9. The molecule has 0 heterocycles. The van der Waals surface area contributed by atoms with Crippen LogP contribution >= 0.6 is 0 Å². The summed E-state index contributed by atoms with van der Waals surface area (Å²) in [5.41, 5.74) is 2.60. The highest BCUT2D eigenvalue weighted by atomic mass is 19.4. The molecule has 2 N–H and O–H groups in total. The summed E-state index contributed by atoms with van der Waals surface area (Å²) in [5, 5.41) is 0. The monoisotopic (exact) mass is 290 g/mol. The van der Waals surface area contributed by atoms with Gasteiger partial charge in [-0.05, 0) is 39.3 Å². The van der Waals surface area contributed by atoms with Crippen molar-refractivity contribution in [1.29, 1.82) is 0 Å². The Balaban J connectivity index is 2.84. The number of rotatable bonds is 2. The topological polar surface area (TPSA) is 50.4 Å². The molecule has 1 rings (SSSR count). The fourth-order valence-electron chi connectivity index (χ4n) is 1.57. The van der Waals surface area contributed by atoms with Crippen LogP contribution in [0.4, 0.5) is 23.7 Å². The van der Waals surface area contributed by atoms with Gasteiger partial charge in [-0.3, -0.25) is 5.43 Å². The summed E-state index contributed by atoms with van der Waals surface area (Å²) in [6.45, 7) is 6.31. The van der Waals surface area contributed by atoms with Crippen molar-refractivity contribution in [3.63, 3.8) is 0 Å². The van der Waals surface area contributed by atoms with Crippen LogP contribution in [-0.2, 0) is 10.9 Å². The van der Waals surface area contributed by atoms with Crippen LogP contribution in [0, 0.1) is 6.92 Å². The minimum Gasteiger partial charge on any atom is -0.443 e. The number of benzene rings is 1. The van der Waals surface area contributed by atoms with Crippen LogP contribution in [0.3, 0.4) is 0 Å². The molecule has 1 aromatic carbocycles. The van der Waals surface area contributed by atoms with Gasteiger partial charge in [-0.15, -0.1) is 0 Å². The second-order valence-corrected chi connectivity index (χ2v) is 5.25. The number of ether oxygens (including phenoxy) is 1. The van der Waals surface area contributed by atoms with Gasteiger partial charge < -0.3 is 4.74 Å². The third-order valence-electron chi connectivity index (χ3n) is 2.25. The lowest BCUT2D eigenvalue weighted by molar-refractivity contribution is -0.137. The van der Waals surface area contributed by atoms with E-state index in [9.17, 15) is 18.0 Å². The maximum atomic E-state index is 12.9. The van der Waals surface area contributed by atoms with Crippen molar-refractivity contribution < 1.29 is 22.7 Å². The molecule has 1 amide bonds. The van der Waals surface area contributed by atoms with Gasteiger partial charge in [0.25, 0.3) is 0 Å². The molecule has 0 saturated carbocycles. The summed E-state index contributed by atoms with van der Waals surface area (Å²) in [5.74, 6) is 0. The molecule has 0 bridgehead atoms. The molecule has 0 atom stereocenters. The second-order valence-electron chi connectivity index (χ2n) is 5.25. The van der Waals surface area contributed by atoms with Crippen LogP contribution in [0.15, 0.2) is 18.2 Å². The van der Waals surface area contributed by atoms with E-state index in [1.807, 2.05) is 0 Å². The summed E-state index contributed by atoms with van der Waals surface area (Å²) in [6.07, 6.45) is -5.37. The molecule has 112 valence electrons. The molecule has 0 unspecified atom stereocenters. The molecule has 20 heavy (non-hydrogen) atoms. The summed E-state index contributed by atoms with van der Waals surface area (Å²) in [4.78, 5) is 11.4. The Bertz CT molecular complexity index is 493. The van der Waals surface area contributed by atoms with E-state index in [1.54, 1.807) is 20.8 Å². The number of nitrogens with one attached hydrogen (secondary N) is 2. The first-order chi connectivity index (χ1) is 9.00. The van der Waals surface area contributed by atoms with E-state index in [1.165, 1.54) is 25.1 Å². The minimum absolute atomic E-state index is 0.0634. The number of carbonyl (C=O) groups excluding carboxylic acids is 1. The van der Waals surface area contributed by atoms with Gasteiger partial charge in [-0.2, -0.15) is 13.2 Å². The second kappa shape index (κ2) is 5.60. The molecular weight excluding hydrogens is 273 g/mol. The smallest absolute Gasteiger partial charge is 0.426 e. The average molecular weight is 290 g/mol. The van der Waals surface area contributed by atoms with Crippen molar-refractivity contribution in [3.05, 3.63) is 29.3 Å². The minimum atomic E-state index is -4.51. The first kappa shape index (κ1) is 16.1. The van der Waals surface area contributed by atoms with E-state index in [0.717, 1.165) is 0 Å². The van der Waals surface area contributed by atoms with Gasteiger partial charge in [-0.25, -0.2) is 10.2 Å². The van der Waals surface area contributed by atoms with E-state index < -0.39 is 23.4 Å². The predicted octanol–water partition coefficient (Wildman–Crippen LogP) is 3.87. The Morgan fingerprint density at radius 1 is 1.20 bits per heavy atom. The van der Waals surface area contributed by atoms with Gasteiger partial charge >= 0.3 is 12.3 Å². The first-order valence-corrected chi connectivity index (χ1v) is 5.92. The van der Waals surface area contributed by atoms with E-state index in [0.29, 0.717) is 0 Å². The zero-order chi connectivity index (χ0) is 15.6. The first-order valence-electron chi connectivity index (χ1n) is 5.92. The van der Waals surface area contributed by atoms with Crippen LogP contribution in [0.1, 0.15) is 31.9 Å². The van der Waals surface area contributed by atoms with Crippen molar-refractivity contribution >= 4 is 11.8 Å².